The topological polar surface area (TPSA) is 77.0 Å². The summed E-state index contributed by atoms with van der Waals surface area (Å²) in [5.41, 5.74) is 1.45. The van der Waals surface area contributed by atoms with Gasteiger partial charge in [0.25, 0.3) is 5.91 Å². The van der Waals surface area contributed by atoms with Crippen molar-refractivity contribution in [2.45, 2.75) is 43.2 Å². The minimum atomic E-state index is -0.836. The molecular weight excluding hydrogens is 431 g/mol. The van der Waals surface area contributed by atoms with Crippen molar-refractivity contribution in [3.8, 4) is 0 Å². The van der Waals surface area contributed by atoms with E-state index in [-0.39, 0.29) is 12.2 Å². The Balaban J connectivity index is 1.33. The van der Waals surface area contributed by atoms with Crippen LogP contribution in [-0.4, -0.2) is 47.6 Å². The summed E-state index contributed by atoms with van der Waals surface area (Å²) in [5, 5.41) is 17.1. The molecular formula is C24H24ClFN4O2. The Kier molecular flexibility index (Phi) is 5.28. The molecule has 2 unspecified atom stereocenters. The van der Waals surface area contributed by atoms with Gasteiger partial charge in [-0.3, -0.25) is 15.1 Å². The van der Waals surface area contributed by atoms with Gasteiger partial charge in [-0.2, -0.15) is 0 Å². The summed E-state index contributed by atoms with van der Waals surface area (Å²) < 4.78 is 14.6. The first-order valence-electron chi connectivity index (χ1n) is 10.7. The highest BCUT2D eigenvalue weighted by Crippen LogP contribution is 2.46. The predicted octanol–water partition coefficient (Wildman–Crippen LogP) is 3.42. The van der Waals surface area contributed by atoms with E-state index in [1.807, 2.05) is 6.07 Å². The number of rotatable bonds is 6. The average molecular weight is 455 g/mol. The van der Waals surface area contributed by atoms with Crippen LogP contribution in [-0.2, 0) is 5.54 Å². The maximum atomic E-state index is 14.6. The molecule has 3 atom stereocenters. The van der Waals surface area contributed by atoms with Crippen molar-refractivity contribution in [3.63, 3.8) is 0 Å². The fourth-order valence-corrected chi connectivity index (χ4v) is 4.32. The molecule has 2 aromatic rings. The molecule has 2 saturated carbocycles. The second-order valence-electron chi connectivity index (χ2n) is 8.63. The Morgan fingerprint density at radius 2 is 1.97 bits per heavy atom. The van der Waals surface area contributed by atoms with Gasteiger partial charge in [0.1, 0.15) is 0 Å². The first-order chi connectivity index (χ1) is 15.4. The van der Waals surface area contributed by atoms with Crippen molar-refractivity contribution < 1.29 is 14.3 Å². The van der Waals surface area contributed by atoms with E-state index in [2.05, 4.69) is 15.6 Å². The SMILES string of the molecule is CN1C(c2ccc(C(=O)NC3(c4cccc(Cl)c4)C[C@@H]3O)cc2)=C(F)C=NC1NC1CC1. The molecule has 0 saturated heterocycles. The molecule has 2 fully saturated rings. The molecule has 3 N–H and O–H groups in total. The van der Waals surface area contributed by atoms with Crippen LogP contribution < -0.4 is 10.6 Å². The van der Waals surface area contributed by atoms with E-state index in [0.717, 1.165) is 18.4 Å². The lowest BCUT2D eigenvalue weighted by Gasteiger charge is -2.32. The smallest absolute Gasteiger partial charge is 0.252 e. The largest absolute Gasteiger partial charge is 0.390 e. The third-order valence-corrected chi connectivity index (χ3v) is 6.49. The number of hydrogen-bond acceptors (Lipinski definition) is 5. The summed E-state index contributed by atoms with van der Waals surface area (Å²) in [5.74, 6) is -0.728. The number of hydrogen-bond donors (Lipinski definition) is 3. The fraction of sp³-hybridized carbons (Fsp3) is 0.333. The number of benzene rings is 2. The Bertz CT molecular complexity index is 1120. The number of nitrogens with one attached hydrogen (secondary N) is 2. The molecule has 32 heavy (non-hydrogen) atoms. The van der Waals surface area contributed by atoms with Gasteiger partial charge in [0.2, 0.25) is 0 Å². The lowest BCUT2D eigenvalue weighted by atomic mass is 10.0. The first-order valence-corrected chi connectivity index (χ1v) is 11.0. The molecule has 0 bridgehead atoms. The fourth-order valence-electron chi connectivity index (χ4n) is 4.13. The van der Waals surface area contributed by atoms with Crippen molar-refractivity contribution in [1.82, 2.24) is 15.5 Å². The van der Waals surface area contributed by atoms with E-state index >= 15 is 0 Å². The number of amides is 1. The van der Waals surface area contributed by atoms with Crippen LogP contribution >= 0.6 is 11.6 Å². The minimum Gasteiger partial charge on any atom is -0.390 e. The predicted molar refractivity (Wildman–Crippen MR) is 122 cm³/mol. The quantitative estimate of drug-likeness (QED) is 0.625. The van der Waals surface area contributed by atoms with Gasteiger partial charge >= 0.3 is 0 Å². The Labute approximate surface area is 190 Å². The second-order valence-corrected chi connectivity index (χ2v) is 9.07. The molecule has 0 spiro atoms. The zero-order valence-corrected chi connectivity index (χ0v) is 18.3. The van der Waals surface area contributed by atoms with Crippen molar-refractivity contribution in [2.75, 3.05) is 7.05 Å². The second kappa shape index (κ2) is 7.99. The standard InChI is InChI=1S/C24H24ClFN4O2/c1-30-21(19(26)13-27-23(30)28-18-9-10-18)14-5-7-15(8-6-14)22(32)29-24(12-20(24)31)16-3-2-4-17(25)11-16/h2-8,11,13,18,20,23,28,31H,9-10,12H2,1H3,(H,29,32)/t20-,23?,24?/m0/s1. The summed E-state index contributed by atoms with van der Waals surface area (Å²) in [6.45, 7) is 0. The van der Waals surface area contributed by atoms with Gasteiger partial charge in [0.05, 0.1) is 23.6 Å². The first kappa shape index (κ1) is 21.1. The van der Waals surface area contributed by atoms with Crippen LogP contribution in [0, 0.1) is 0 Å². The lowest BCUT2D eigenvalue weighted by Crippen LogP contribution is -2.44. The molecule has 2 aliphatic carbocycles. The van der Waals surface area contributed by atoms with Gasteiger partial charge in [0.15, 0.2) is 12.1 Å². The van der Waals surface area contributed by atoms with Crippen LogP contribution in [0.2, 0.25) is 5.02 Å². The van der Waals surface area contributed by atoms with Crippen LogP contribution in [0.3, 0.4) is 0 Å². The van der Waals surface area contributed by atoms with E-state index in [1.165, 1.54) is 6.21 Å². The van der Waals surface area contributed by atoms with Gasteiger partial charge < -0.3 is 15.3 Å². The minimum absolute atomic E-state index is 0.311. The molecule has 0 aromatic heterocycles. The van der Waals surface area contributed by atoms with Gasteiger partial charge in [0, 0.05) is 35.7 Å². The highest BCUT2D eigenvalue weighted by molar-refractivity contribution is 6.30. The highest BCUT2D eigenvalue weighted by Gasteiger charge is 2.56. The van der Waals surface area contributed by atoms with Crippen LogP contribution in [0.4, 0.5) is 4.39 Å². The van der Waals surface area contributed by atoms with Crippen molar-refractivity contribution in [3.05, 3.63) is 76.1 Å². The van der Waals surface area contributed by atoms with Crippen LogP contribution in [0.1, 0.15) is 40.7 Å². The number of nitrogens with zero attached hydrogens (tertiary/aromatic N) is 2. The number of carbonyl (C=O) groups is 1. The zero-order chi connectivity index (χ0) is 22.5. The molecule has 5 rings (SSSR count). The van der Waals surface area contributed by atoms with Crippen LogP contribution in [0.25, 0.3) is 5.70 Å². The van der Waals surface area contributed by atoms with Crippen molar-refractivity contribution >= 4 is 29.4 Å². The van der Waals surface area contributed by atoms with E-state index in [4.69, 9.17) is 11.6 Å². The third kappa shape index (κ3) is 3.92. The summed E-state index contributed by atoms with van der Waals surface area (Å²) in [6.07, 6.45) is 2.91. The zero-order valence-electron chi connectivity index (χ0n) is 17.6. The molecule has 0 radical (unpaired) electrons. The van der Waals surface area contributed by atoms with E-state index in [1.54, 1.807) is 54.4 Å². The summed E-state index contributed by atoms with van der Waals surface area (Å²) >= 11 is 6.09. The van der Waals surface area contributed by atoms with E-state index < -0.39 is 17.5 Å². The molecule has 6 nitrogen and oxygen atoms in total. The molecule has 8 heteroatoms. The lowest BCUT2D eigenvalue weighted by molar-refractivity contribution is 0.0912. The Hall–Kier alpha value is -2.74. The van der Waals surface area contributed by atoms with Gasteiger partial charge in [-0.15, -0.1) is 0 Å². The van der Waals surface area contributed by atoms with Crippen LogP contribution in [0.5, 0.6) is 0 Å². The van der Waals surface area contributed by atoms with Crippen LogP contribution in [0.15, 0.2) is 59.4 Å². The van der Waals surface area contributed by atoms with Gasteiger partial charge in [-0.25, -0.2) is 4.39 Å². The Morgan fingerprint density at radius 3 is 2.59 bits per heavy atom. The molecule has 166 valence electrons. The monoisotopic (exact) mass is 454 g/mol. The molecule has 1 amide bonds. The molecule has 2 aromatic carbocycles. The maximum absolute atomic E-state index is 14.6. The average Bonchev–Trinajstić information content (AvgIpc) is 3.69. The number of halogens is 2. The van der Waals surface area contributed by atoms with Crippen molar-refractivity contribution in [2.24, 2.45) is 4.99 Å². The summed E-state index contributed by atoms with van der Waals surface area (Å²) in [6, 6.07) is 14.3. The molecule has 1 heterocycles. The van der Waals surface area contributed by atoms with E-state index in [9.17, 15) is 14.3 Å². The molecule has 1 aliphatic heterocycles. The number of carbonyl (C=O) groups excluding carboxylic acids is 1. The van der Waals surface area contributed by atoms with Crippen molar-refractivity contribution in [1.29, 1.82) is 0 Å². The van der Waals surface area contributed by atoms with Gasteiger partial charge in [-0.05, 0) is 42.7 Å². The van der Waals surface area contributed by atoms with Gasteiger partial charge in [-0.1, -0.05) is 35.9 Å². The normalized spacial score (nSPS) is 26.9. The third-order valence-electron chi connectivity index (χ3n) is 6.26. The highest BCUT2D eigenvalue weighted by atomic mass is 35.5. The number of aliphatic hydroxyl groups excluding tert-OH is 1. The maximum Gasteiger partial charge on any atom is 0.252 e. The number of aliphatic hydroxyl groups is 1. The number of aliphatic imine (C=N–C) groups is 1. The Morgan fingerprint density at radius 1 is 1.25 bits per heavy atom. The number of allylic oxidation sites excluding steroid dienone is 1. The van der Waals surface area contributed by atoms with E-state index in [0.29, 0.717) is 34.3 Å². The summed E-state index contributed by atoms with van der Waals surface area (Å²) in [4.78, 5) is 18.9. The summed E-state index contributed by atoms with van der Waals surface area (Å²) in [7, 11) is 1.80. The molecule has 3 aliphatic rings.